The third-order valence-electron chi connectivity index (χ3n) is 10.1. The number of aromatic nitrogens is 3. The zero-order chi connectivity index (χ0) is 35.2. The van der Waals surface area contributed by atoms with Crippen LogP contribution in [-0.4, -0.2) is 88.8 Å². The number of hydrogen-bond donors (Lipinski definition) is 3. The van der Waals surface area contributed by atoms with Crippen LogP contribution in [0.3, 0.4) is 0 Å². The minimum atomic E-state index is -1.14. The van der Waals surface area contributed by atoms with E-state index in [0.717, 1.165) is 31.6 Å². The van der Waals surface area contributed by atoms with Crippen LogP contribution in [-0.2, 0) is 11.2 Å². The number of rotatable bonds is 9. The van der Waals surface area contributed by atoms with Gasteiger partial charge in [-0.3, -0.25) is 19.7 Å². The fourth-order valence-electron chi connectivity index (χ4n) is 7.80. The van der Waals surface area contributed by atoms with Gasteiger partial charge in [0, 0.05) is 44.2 Å². The van der Waals surface area contributed by atoms with Crippen molar-refractivity contribution in [1.29, 1.82) is 0 Å². The first kappa shape index (κ1) is 34.1. The quantitative estimate of drug-likeness (QED) is 0.160. The van der Waals surface area contributed by atoms with Crippen LogP contribution in [0.15, 0.2) is 35.3 Å². The average Bonchev–Trinajstić information content (AvgIpc) is 3.59. The molecule has 3 aliphatic heterocycles. The monoisotopic (exact) mass is 700 g/mol. The largest absolute Gasteiger partial charge is 0.463 e. The molecule has 7 rings (SSSR count). The SMILES string of the molecule is C[C@]1(NC(=O)OCCCc2c(F)c(F)cc3cccc(-c4ncc5c(=O)[nH]c(OC[C@@]67CCCN6C[C@H](F)C7)nc5c4F)c23)CNC[C@H](F)C1. The third-order valence-corrected chi connectivity index (χ3v) is 10.1. The number of hydrogen-bond acceptors (Lipinski definition) is 8. The highest BCUT2D eigenvalue weighted by Gasteiger charge is 2.49. The van der Waals surface area contributed by atoms with E-state index in [-0.39, 0.29) is 83.5 Å². The summed E-state index contributed by atoms with van der Waals surface area (Å²) in [5.41, 5.74) is -2.56. The molecule has 0 saturated carbocycles. The molecule has 2 aromatic carbocycles. The van der Waals surface area contributed by atoms with Crippen molar-refractivity contribution in [3.05, 3.63) is 63.8 Å². The second kappa shape index (κ2) is 13.4. The number of H-pyrrole nitrogens is 1. The molecule has 15 heteroatoms. The fourth-order valence-corrected chi connectivity index (χ4v) is 7.80. The Labute approximate surface area is 283 Å². The predicted molar refractivity (Wildman–Crippen MR) is 175 cm³/mol. The molecule has 3 fully saturated rings. The first-order valence-corrected chi connectivity index (χ1v) is 16.8. The summed E-state index contributed by atoms with van der Waals surface area (Å²) >= 11 is 0. The fraction of sp³-hybridized carbons (Fsp3) is 0.486. The van der Waals surface area contributed by atoms with E-state index < -0.39 is 52.5 Å². The Bertz CT molecular complexity index is 2010. The molecule has 0 radical (unpaired) electrons. The van der Waals surface area contributed by atoms with Crippen LogP contribution in [0.1, 0.15) is 44.6 Å². The number of carbonyl (C=O) groups excluding carboxylic acids is 1. The number of fused-ring (bicyclic) bond motifs is 3. The van der Waals surface area contributed by atoms with Crippen LogP contribution in [0.25, 0.3) is 32.9 Å². The van der Waals surface area contributed by atoms with Gasteiger partial charge in [-0.2, -0.15) is 4.98 Å². The normalized spacial score (nSPS) is 25.2. The van der Waals surface area contributed by atoms with Crippen molar-refractivity contribution in [2.45, 2.75) is 68.9 Å². The number of nitrogens with one attached hydrogen (secondary N) is 3. The van der Waals surface area contributed by atoms with Crippen molar-refractivity contribution in [2.24, 2.45) is 0 Å². The molecule has 4 atom stereocenters. The van der Waals surface area contributed by atoms with Crippen LogP contribution in [0.4, 0.5) is 26.7 Å². The number of aromatic amines is 1. The van der Waals surface area contributed by atoms with Crippen LogP contribution >= 0.6 is 0 Å². The molecule has 0 unspecified atom stereocenters. The minimum absolute atomic E-state index is 0.0684. The molecule has 0 spiro atoms. The molecule has 1 amide bonds. The number of alkyl carbamates (subject to hydrolysis) is 1. The van der Waals surface area contributed by atoms with E-state index in [1.54, 1.807) is 19.1 Å². The Morgan fingerprint density at radius 2 is 2.00 bits per heavy atom. The molecule has 10 nitrogen and oxygen atoms in total. The van der Waals surface area contributed by atoms with E-state index in [0.29, 0.717) is 19.5 Å². The predicted octanol–water partition coefficient (Wildman–Crippen LogP) is 5.26. The molecule has 0 aliphatic carbocycles. The van der Waals surface area contributed by atoms with E-state index in [1.165, 1.54) is 6.07 Å². The van der Waals surface area contributed by atoms with Gasteiger partial charge in [0.2, 0.25) is 0 Å². The third kappa shape index (κ3) is 6.48. The lowest BCUT2D eigenvalue weighted by molar-refractivity contribution is 0.107. The molecule has 2 aromatic heterocycles. The standard InChI is InChI=1S/C35H37F5N6O4/c1-34(12-20(36)14-41-17-34)45-33(48)49-10-3-7-22-26-19(11-25(38)27(22)39)5-2-6-23(26)29-28(40)30-24(15-42-29)31(47)44-32(43-30)50-18-35-8-4-9-46(35)16-21(37)13-35/h2,5-6,11,15,20-21,41H,3-4,7-10,12-14,16-18H2,1H3,(H,45,48)(H,43,44,47)/t20-,21-,34-,35+/m1/s1. The van der Waals surface area contributed by atoms with E-state index in [2.05, 4.69) is 25.6 Å². The Balaban J connectivity index is 1.15. The lowest BCUT2D eigenvalue weighted by Gasteiger charge is -2.36. The zero-order valence-corrected chi connectivity index (χ0v) is 27.4. The van der Waals surface area contributed by atoms with Crippen LogP contribution < -0.4 is 20.9 Å². The molecular weight excluding hydrogens is 663 g/mol. The van der Waals surface area contributed by atoms with Crippen molar-refractivity contribution < 1.29 is 36.2 Å². The highest BCUT2D eigenvalue weighted by atomic mass is 19.2. The number of amides is 1. The molecular formula is C35H37F5N6O4. The lowest BCUT2D eigenvalue weighted by Crippen LogP contribution is -2.58. The maximum Gasteiger partial charge on any atom is 0.407 e. The molecule has 3 saturated heterocycles. The van der Waals surface area contributed by atoms with Crippen LogP contribution in [0.2, 0.25) is 0 Å². The second-order valence-electron chi connectivity index (χ2n) is 13.8. The number of nitrogens with zero attached hydrogens (tertiary/aromatic N) is 3. The Morgan fingerprint density at radius 3 is 2.82 bits per heavy atom. The molecule has 266 valence electrons. The van der Waals surface area contributed by atoms with Crippen LogP contribution in [0, 0.1) is 17.5 Å². The second-order valence-corrected chi connectivity index (χ2v) is 13.8. The number of aryl methyl sites for hydroxylation is 1. The molecule has 0 bridgehead atoms. The number of halogens is 5. The van der Waals surface area contributed by atoms with Gasteiger partial charge in [0.15, 0.2) is 17.5 Å². The van der Waals surface area contributed by atoms with Crippen molar-refractivity contribution in [2.75, 3.05) is 39.4 Å². The maximum atomic E-state index is 16.4. The Kier molecular flexibility index (Phi) is 9.14. The summed E-state index contributed by atoms with van der Waals surface area (Å²) in [6.45, 7) is 3.23. The Morgan fingerprint density at radius 1 is 1.16 bits per heavy atom. The van der Waals surface area contributed by atoms with E-state index in [1.807, 2.05) is 4.90 Å². The summed E-state index contributed by atoms with van der Waals surface area (Å²) in [5.74, 6) is -3.21. The smallest absolute Gasteiger partial charge is 0.407 e. The summed E-state index contributed by atoms with van der Waals surface area (Å²) in [4.78, 5) is 38.4. The summed E-state index contributed by atoms with van der Waals surface area (Å²) in [6.07, 6.45) is 0.329. The minimum Gasteiger partial charge on any atom is -0.463 e. The summed E-state index contributed by atoms with van der Waals surface area (Å²) in [7, 11) is 0. The van der Waals surface area contributed by atoms with Gasteiger partial charge < -0.3 is 20.1 Å². The topological polar surface area (TPSA) is 121 Å². The number of alkyl halides is 2. The maximum absolute atomic E-state index is 16.4. The van der Waals surface area contributed by atoms with Crippen molar-refractivity contribution in [3.63, 3.8) is 0 Å². The van der Waals surface area contributed by atoms with Gasteiger partial charge in [0.05, 0.1) is 23.1 Å². The average molecular weight is 701 g/mol. The molecule has 5 heterocycles. The number of piperidine rings is 1. The number of benzene rings is 2. The highest BCUT2D eigenvalue weighted by Crippen LogP contribution is 2.40. The van der Waals surface area contributed by atoms with Gasteiger partial charge in [0.25, 0.3) is 11.6 Å². The number of carbonyl (C=O) groups is 1. The summed E-state index contributed by atoms with van der Waals surface area (Å²) in [6, 6.07) is 5.38. The van der Waals surface area contributed by atoms with Gasteiger partial charge in [-0.05, 0) is 61.6 Å². The molecule has 4 aromatic rings. The molecule has 3 aliphatic rings. The van der Waals surface area contributed by atoms with Crippen LogP contribution in [0.5, 0.6) is 6.01 Å². The summed E-state index contributed by atoms with van der Waals surface area (Å²) in [5, 5.41) is 5.91. The molecule has 3 N–H and O–H groups in total. The van der Waals surface area contributed by atoms with Gasteiger partial charge in [-0.1, -0.05) is 18.2 Å². The highest BCUT2D eigenvalue weighted by molar-refractivity contribution is 6.00. The van der Waals surface area contributed by atoms with E-state index in [9.17, 15) is 22.8 Å². The van der Waals surface area contributed by atoms with Crippen molar-refractivity contribution >= 4 is 27.8 Å². The molecule has 50 heavy (non-hydrogen) atoms. The number of ether oxygens (including phenoxy) is 2. The number of pyridine rings is 1. The first-order valence-electron chi connectivity index (χ1n) is 16.8. The summed E-state index contributed by atoms with van der Waals surface area (Å²) < 4.78 is 85.8. The lowest BCUT2D eigenvalue weighted by atomic mass is 9.91. The van der Waals surface area contributed by atoms with E-state index >= 15 is 8.78 Å². The van der Waals surface area contributed by atoms with E-state index in [4.69, 9.17) is 9.47 Å². The zero-order valence-electron chi connectivity index (χ0n) is 27.4. The Hall–Kier alpha value is -4.37. The van der Waals surface area contributed by atoms with Gasteiger partial charge >= 0.3 is 6.09 Å². The van der Waals surface area contributed by atoms with Crippen molar-refractivity contribution in [1.82, 2.24) is 30.5 Å². The van der Waals surface area contributed by atoms with Gasteiger partial charge in [0.1, 0.15) is 30.2 Å². The van der Waals surface area contributed by atoms with Gasteiger partial charge in [-0.15, -0.1) is 0 Å². The van der Waals surface area contributed by atoms with Gasteiger partial charge in [-0.25, -0.2) is 26.7 Å². The first-order chi connectivity index (χ1) is 23.9. The van der Waals surface area contributed by atoms with Crippen molar-refractivity contribution in [3.8, 4) is 17.3 Å².